The van der Waals surface area contributed by atoms with Gasteiger partial charge in [-0.25, -0.2) is 4.79 Å². The van der Waals surface area contributed by atoms with Crippen LogP contribution in [-0.4, -0.2) is 48.1 Å². The van der Waals surface area contributed by atoms with Crippen molar-refractivity contribution in [2.75, 3.05) is 25.0 Å². The van der Waals surface area contributed by atoms with Crippen LogP contribution in [0.4, 0.5) is 10.5 Å². The smallest absolute Gasteiger partial charge is 0.319 e. The van der Waals surface area contributed by atoms with Crippen LogP contribution in [0.5, 0.6) is 0 Å². The maximum atomic E-state index is 12.3. The van der Waals surface area contributed by atoms with Crippen molar-refractivity contribution in [3.63, 3.8) is 0 Å². The number of rotatable bonds is 6. The van der Waals surface area contributed by atoms with Gasteiger partial charge in [0.2, 0.25) is 5.91 Å². The average Bonchev–Trinajstić information content (AvgIpc) is 3.09. The van der Waals surface area contributed by atoms with E-state index >= 15 is 0 Å². The van der Waals surface area contributed by atoms with Gasteiger partial charge in [0.1, 0.15) is 6.04 Å². The topological polar surface area (TPSA) is 97.3 Å². The average molecular weight is 414 g/mol. The first-order chi connectivity index (χ1) is 12.3. The van der Waals surface area contributed by atoms with Crippen LogP contribution in [0.1, 0.15) is 26.7 Å². The zero-order chi connectivity index (χ0) is 19.2. The van der Waals surface area contributed by atoms with E-state index in [0.717, 1.165) is 12.8 Å². The van der Waals surface area contributed by atoms with Gasteiger partial charge in [0, 0.05) is 29.3 Å². The fraction of sp³-hybridized carbons (Fsp3) is 0.500. The van der Waals surface area contributed by atoms with Crippen molar-refractivity contribution in [1.82, 2.24) is 15.5 Å². The summed E-state index contributed by atoms with van der Waals surface area (Å²) in [6.07, 6.45) is 1.60. The van der Waals surface area contributed by atoms with Crippen LogP contribution in [0.3, 0.4) is 0 Å². The number of hydrogen-bond donors (Lipinski definition) is 3. The van der Waals surface area contributed by atoms with Crippen molar-refractivity contribution in [3.05, 3.63) is 29.3 Å². The number of halogens is 2. The van der Waals surface area contributed by atoms with Gasteiger partial charge < -0.3 is 20.9 Å². The van der Waals surface area contributed by atoms with E-state index in [0.29, 0.717) is 23.8 Å². The van der Waals surface area contributed by atoms with Gasteiger partial charge in [0.05, 0.1) is 12.6 Å². The normalized spacial score (nSPS) is 16.2. The Bertz CT molecular complexity index is 688. The number of hydrogen-bond acceptors (Lipinski definition) is 4. The van der Waals surface area contributed by atoms with Gasteiger partial charge in [0.15, 0.2) is 0 Å². The van der Waals surface area contributed by atoms with E-state index in [-0.39, 0.29) is 36.9 Å². The Morgan fingerprint density at radius 3 is 2.63 bits per heavy atom. The summed E-state index contributed by atoms with van der Waals surface area (Å²) in [6.45, 7) is 4.89. The summed E-state index contributed by atoms with van der Waals surface area (Å²) in [6, 6.07) is 8.32. The van der Waals surface area contributed by atoms with E-state index < -0.39 is 5.54 Å². The van der Waals surface area contributed by atoms with Crippen LogP contribution in [0.25, 0.3) is 0 Å². The SMILES string of the molecule is CC(C)(CNC(=O)Nc1ccc(Cl)cc1)NCC(=O)N1CCC[C@H]1C#N.Cl. The molecular weight excluding hydrogens is 389 g/mol. The molecule has 2 rings (SSSR count). The molecular formula is C18H25Cl2N5O2. The summed E-state index contributed by atoms with van der Waals surface area (Å²) in [5, 5.41) is 18.3. The summed E-state index contributed by atoms with van der Waals surface area (Å²) in [7, 11) is 0. The number of urea groups is 1. The highest BCUT2D eigenvalue weighted by atomic mass is 35.5. The van der Waals surface area contributed by atoms with Crippen molar-refractivity contribution in [2.45, 2.75) is 38.3 Å². The standard InChI is InChI=1S/C18H24ClN5O2.ClH/c1-18(2,22-11-16(25)24-9-3-4-15(24)10-20)12-21-17(26)23-14-7-5-13(19)6-8-14;/h5-8,15,22H,3-4,9,11-12H2,1-2H3,(H2,21,23,26);1H/t15-;/m0./s1. The number of anilines is 1. The molecule has 1 atom stereocenters. The quantitative estimate of drug-likeness (QED) is 0.667. The van der Waals surface area contributed by atoms with Crippen LogP contribution < -0.4 is 16.0 Å². The molecule has 1 saturated heterocycles. The van der Waals surface area contributed by atoms with E-state index in [1.165, 1.54) is 0 Å². The van der Waals surface area contributed by atoms with Crippen LogP contribution in [0, 0.1) is 11.3 Å². The third kappa shape index (κ3) is 7.25. The van der Waals surface area contributed by atoms with Gasteiger partial charge in [-0.1, -0.05) is 11.6 Å². The Morgan fingerprint density at radius 2 is 2.00 bits per heavy atom. The van der Waals surface area contributed by atoms with Crippen molar-refractivity contribution >= 4 is 41.6 Å². The number of carbonyl (C=O) groups is 2. The number of benzene rings is 1. The van der Waals surface area contributed by atoms with Crippen molar-refractivity contribution in [1.29, 1.82) is 5.26 Å². The van der Waals surface area contributed by atoms with E-state index in [4.69, 9.17) is 16.9 Å². The molecule has 0 bridgehead atoms. The third-order valence-corrected chi connectivity index (χ3v) is 4.49. The Hall–Kier alpha value is -2.01. The highest BCUT2D eigenvalue weighted by Gasteiger charge is 2.29. The minimum atomic E-state index is -0.477. The maximum absolute atomic E-state index is 12.3. The number of nitrogens with one attached hydrogen (secondary N) is 3. The van der Waals surface area contributed by atoms with Crippen molar-refractivity contribution in [3.8, 4) is 6.07 Å². The molecule has 148 valence electrons. The second-order valence-electron chi connectivity index (χ2n) is 6.93. The highest BCUT2D eigenvalue weighted by molar-refractivity contribution is 6.30. The lowest BCUT2D eigenvalue weighted by molar-refractivity contribution is -0.130. The summed E-state index contributed by atoms with van der Waals surface area (Å²) < 4.78 is 0. The zero-order valence-corrected chi connectivity index (χ0v) is 17.0. The second-order valence-corrected chi connectivity index (χ2v) is 7.36. The molecule has 27 heavy (non-hydrogen) atoms. The lowest BCUT2D eigenvalue weighted by Crippen LogP contribution is -2.53. The molecule has 7 nitrogen and oxygen atoms in total. The summed E-state index contributed by atoms with van der Waals surface area (Å²) in [5.41, 5.74) is 0.166. The highest BCUT2D eigenvalue weighted by Crippen LogP contribution is 2.16. The summed E-state index contributed by atoms with van der Waals surface area (Å²) in [4.78, 5) is 25.9. The molecule has 1 aliphatic rings. The lowest BCUT2D eigenvalue weighted by Gasteiger charge is -2.28. The molecule has 1 fully saturated rings. The number of nitrogens with zero attached hydrogens (tertiary/aromatic N) is 2. The molecule has 3 amide bonds. The minimum Gasteiger partial charge on any atom is -0.336 e. The van der Waals surface area contributed by atoms with Gasteiger partial charge >= 0.3 is 6.03 Å². The monoisotopic (exact) mass is 413 g/mol. The minimum absolute atomic E-state index is 0. The third-order valence-electron chi connectivity index (χ3n) is 4.23. The summed E-state index contributed by atoms with van der Waals surface area (Å²) in [5.74, 6) is -0.0901. The second kappa shape index (κ2) is 10.4. The maximum Gasteiger partial charge on any atom is 0.319 e. The van der Waals surface area contributed by atoms with E-state index in [9.17, 15) is 9.59 Å². The molecule has 1 aromatic rings. The number of amides is 3. The molecule has 9 heteroatoms. The first-order valence-electron chi connectivity index (χ1n) is 8.55. The van der Waals surface area contributed by atoms with Gasteiger partial charge in [-0.15, -0.1) is 12.4 Å². The predicted molar refractivity (Wildman–Crippen MR) is 108 cm³/mol. The molecule has 0 radical (unpaired) electrons. The first-order valence-corrected chi connectivity index (χ1v) is 8.93. The van der Waals surface area contributed by atoms with Crippen LogP contribution >= 0.6 is 24.0 Å². The largest absolute Gasteiger partial charge is 0.336 e. The predicted octanol–water partition coefficient (Wildman–Crippen LogP) is 2.77. The van der Waals surface area contributed by atoms with Crippen LogP contribution in [0.2, 0.25) is 5.02 Å². The molecule has 0 aromatic heterocycles. The lowest BCUT2D eigenvalue weighted by atomic mass is 10.1. The molecule has 1 heterocycles. The fourth-order valence-electron chi connectivity index (χ4n) is 2.69. The van der Waals surface area contributed by atoms with Gasteiger partial charge in [-0.2, -0.15) is 5.26 Å². The van der Waals surface area contributed by atoms with E-state index in [2.05, 4.69) is 22.0 Å². The number of carbonyl (C=O) groups excluding carboxylic acids is 2. The molecule has 3 N–H and O–H groups in total. The molecule has 0 unspecified atom stereocenters. The first kappa shape index (κ1) is 23.0. The number of likely N-dealkylation sites (tertiary alicyclic amines) is 1. The Kier molecular flexibility index (Phi) is 8.83. The van der Waals surface area contributed by atoms with Crippen molar-refractivity contribution in [2.24, 2.45) is 0 Å². The van der Waals surface area contributed by atoms with Crippen LogP contribution in [-0.2, 0) is 4.79 Å². The molecule has 1 aliphatic heterocycles. The van der Waals surface area contributed by atoms with Gasteiger partial charge in [-0.05, 0) is 51.0 Å². The number of nitriles is 1. The van der Waals surface area contributed by atoms with E-state index in [1.807, 2.05) is 13.8 Å². The van der Waals surface area contributed by atoms with Crippen LogP contribution in [0.15, 0.2) is 24.3 Å². The molecule has 0 saturated carbocycles. The Balaban J connectivity index is 0.00000364. The van der Waals surface area contributed by atoms with Gasteiger partial charge in [0.25, 0.3) is 0 Å². The molecule has 1 aromatic carbocycles. The van der Waals surface area contributed by atoms with Gasteiger partial charge in [-0.3, -0.25) is 4.79 Å². The Labute approximate surface area is 170 Å². The van der Waals surface area contributed by atoms with Crippen molar-refractivity contribution < 1.29 is 9.59 Å². The molecule has 0 spiro atoms. The summed E-state index contributed by atoms with van der Waals surface area (Å²) >= 11 is 5.81. The fourth-order valence-corrected chi connectivity index (χ4v) is 2.81. The Morgan fingerprint density at radius 1 is 1.33 bits per heavy atom. The zero-order valence-electron chi connectivity index (χ0n) is 15.4. The molecule has 0 aliphatic carbocycles. The van der Waals surface area contributed by atoms with E-state index in [1.54, 1.807) is 29.2 Å².